The number of aliphatic imine (C=N–C) groups is 1. The van der Waals surface area contributed by atoms with Crippen molar-refractivity contribution in [3.8, 4) is 12.1 Å². The van der Waals surface area contributed by atoms with Crippen LogP contribution in [0.25, 0.3) is 0 Å². The zero-order valence-electron chi connectivity index (χ0n) is 15.7. The molecule has 0 aromatic carbocycles. The van der Waals surface area contributed by atoms with Crippen LogP contribution in [-0.2, 0) is 0 Å². The molecule has 2 N–H and O–H groups in total. The number of nitrogens with zero attached hydrogens (tertiary/aromatic N) is 3. The molecule has 1 fully saturated rings. The van der Waals surface area contributed by atoms with Crippen molar-refractivity contribution in [3.05, 3.63) is 12.2 Å². The second-order valence-electron chi connectivity index (χ2n) is 7.50. The Morgan fingerprint density at radius 3 is 2.12 bits per heavy atom. The van der Waals surface area contributed by atoms with Crippen LogP contribution in [0.3, 0.4) is 0 Å². The molecule has 0 aromatic rings. The number of nitriles is 2. The first-order valence-electron chi connectivity index (χ1n) is 9.73. The lowest BCUT2D eigenvalue weighted by Crippen LogP contribution is -2.62. The van der Waals surface area contributed by atoms with E-state index in [1.54, 1.807) is 23.5 Å². The van der Waals surface area contributed by atoms with E-state index in [0.29, 0.717) is 5.84 Å². The van der Waals surface area contributed by atoms with E-state index in [9.17, 15) is 10.5 Å². The highest BCUT2D eigenvalue weighted by molar-refractivity contribution is 8.18. The Morgan fingerprint density at radius 2 is 1.65 bits per heavy atom. The lowest BCUT2D eigenvalue weighted by atomic mass is 9.46. The zero-order chi connectivity index (χ0) is 18.8. The molecule has 26 heavy (non-hydrogen) atoms. The smallest absolute Gasteiger partial charge is 0.175 e. The molecule has 4 atom stereocenters. The Bertz CT molecular complexity index is 679. The molecule has 0 amide bonds. The highest BCUT2D eigenvalue weighted by Gasteiger charge is 2.78. The highest BCUT2D eigenvalue weighted by atomic mass is 32.2. The number of allylic oxidation sites excluding steroid dienone is 2. The van der Waals surface area contributed by atoms with Crippen molar-refractivity contribution in [1.29, 1.82) is 10.5 Å². The van der Waals surface area contributed by atoms with Gasteiger partial charge in [0.2, 0.25) is 0 Å². The summed E-state index contributed by atoms with van der Waals surface area (Å²) in [6.45, 7) is 4.35. The summed E-state index contributed by atoms with van der Waals surface area (Å²) < 4.78 is -0.667. The molecule has 4 nitrogen and oxygen atoms in total. The van der Waals surface area contributed by atoms with Crippen molar-refractivity contribution in [2.24, 2.45) is 33.4 Å². The summed E-state index contributed by atoms with van der Waals surface area (Å²) in [7, 11) is 0. The normalized spacial score (nSPS) is 36.2. The van der Waals surface area contributed by atoms with Gasteiger partial charge in [-0.3, -0.25) is 0 Å². The van der Waals surface area contributed by atoms with Crippen LogP contribution in [0.4, 0.5) is 0 Å². The van der Waals surface area contributed by atoms with Gasteiger partial charge in [0, 0.05) is 11.8 Å². The standard InChI is InChI=1S/C20H28N4S2/c1-3-5-11-25-20(26-12-6-4-2)19(14-22)16-9-7-15(8-10-16)18(19,13-21)17(23)24-20/h7,9,15-16H,3-6,8,10-12H2,1-2H3,(H2,23,24)/t15-,16+,18+,19-/m0/s1. The molecule has 2 bridgehead atoms. The second-order valence-corrected chi connectivity index (χ2v) is 10.3. The van der Waals surface area contributed by atoms with Gasteiger partial charge in [0.1, 0.15) is 16.7 Å². The Morgan fingerprint density at radius 1 is 1.08 bits per heavy atom. The molecule has 6 heteroatoms. The average Bonchev–Trinajstić information content (AvgIpc) is 2.91. The van der Waals surface area contributed by atoms with Gasteiger partial charge in [-0.05, 0) is 37.2 Å². The van der Waals surface area contributed by atoms with Gasteiger partial charge < -0.3 is 5.73 Å². The van der Waals surface area contributed by atoms with Crippen LogP contribution in [0.5, 0.6) is 0 Å². The van der Waals surface area contributed by atoms with Crippen LogP contribution in [-0.4, -0.2) is 21.5 Å². The quantitative estimate of drug-likeness (QED) is 0.370. The van der Waals surface area contributed by atoms with Crippen LogP contribution < -0.4 is 5.73 Å². The third-order valence-electron chi connectivity index (χ3n) is 6.21. The largest absolute Gasteiger partial charge is 0.386 e. The molecule has 3 aliphatic carbocycles. The van der Waals surface area contributed by atoms with Gasteiger partial charge in [0.25, 0.3) is 0 Å². The first kappa shape index (κ1) is 19.6. The number of amidine groups is 1. The molecule has 1 aliphatic heterocycles. The third-order valence-corrected chi connectivity index (χ3v) is 9.51. The summed E-state index contributed by atoms with van der Waals surface area (Å²) >= 11 is 3.52. The van der Waals surface area contributed by atoms with E-state index < -0.39 is 15.0 Å². The lowest BCUT2D eigenvalue weighted by Gasteiger charge is -2.56. The Hall–Kier alpha value is -1.11. The molecule has 0 aromatic heterocycles. The van der Waals surface area contributed by atoms with Crippen molar-refractivity contribution in [2.75, 3.05) is 11.5 Å². The molecule has 0 unspecified atom stereocenters. The van der Waals surface area contributed by atoms with Crippen molar-refractivity contribution in [2.45, 2.75) is 56.6 Å². The molecule has 0 radical (unpaired) electrons. The van der Waals surface area contributed by atoms with Crippen molar-refractivity contribution >= 4 is 29.4 Å². The molecule has 140 valence electrons. The maximum Gasteiger partial charge on any atom is 0.175 e. The maximum absolute atomic E-state index is 10.5. The predicted molar refractivity (Wildman–Crippen MR) is 111 cm³/mol. The SMILES string of the molecule is CCCCSC1(SCCCC)N=C(N)[C@@]2(C#N)[C@H]3C=C[C@H](CC3)[C@]12C#N. The summed E-state index contributed by atoms with van der Waals surface area (Å²) in [5, 5.41) is 20.8. The van der Waals surface area contributed by atoms with E-state index in [0.717, 1.165) is 50.0 Å². The first-order valence-corrected chi connectivity index (χ1v) is 11.7. The number of fused-ring (bicyclic) bond motifs is 1. The van der Waals surface area contributed by atoms with E-state index in [1.165, 1.54) is 0 Å². The van der Waals surface area contributed by atoms with Crippen LogP contribution in [0.2, 0.25) is 0 Å². The Kier molecular flexibility index (Phi) is 5.66. The van der Waals surface area contributed by atoms with Crippen LogP contribution >= 0.6 is 23.5 Å². The average molecular weight is 389 g/mol. The van der Waals surface area contributed by atoms with Crippen LogP contribution in [0.1, 0.15) is 52.4 Å². The second kappa shape index (κ2) is 7.49. The molecule has 4 rings (SSSR count). The maximum atomic E-state index is 10.5. The fourth-order valence-corrected chi connectivity index (χ4v) is 8.60. The summed E-state index contributed by atoms with van der Waals surface area (Å²) in [4.78, 5) is 4.97. The lowest BCUT2D eigenvalue weighted by molar-refractivity contribution is 0.0566. The number of unbranched alkanes of at least 4 members (excludes halogenated alkanes) is 2. The molecular formula is C20H28N4S2. The van der Waals surface area contributed by atoms with Gasteiger partial charge in [0.05, 0.1) is 12.1 Å². The molecule has 4 aliphatic rings. The third kappa shape index (κ3) is 2.38. The predicted octanol–water partition coefficient (Wildman–Crippen LogP) is 4.69. The molecular weight excluding hydrogens is 360 g/mol. The minimum atomic E-state index is -0.974. The van der Waals surface area contributed by atoms with E-state index in [1.807, 2.05) is 0 Å². The fourth-order valence-electron chi connectivity index (χ4n) is 4.85. The van der Waals surface area contributed by atoms with Crippen molar-refractivity contribution < 1.29 is 0 Å². The topological polar surface area (TPSA) is 86.0 Å². The minimum absolute atomic E-state index is 0.00123. The summed E-state index contributed by atoms with van der Waals surface area (Å²) in [6.07, 6.45) is 10.6. The van der Waals surface area contributed by atoms with Crippen LogP contribution in [0, 0.1) is 45.3 Å². The monoisotopic (exact) mass is 388 g/mol. The van der Waals surface area contributed by atoms with Gasteiger partial charge >= 0.3 is 0 Å². The van der Waals surface area contributed by atoms with Crippen molar-refractivity contribution in [1.82, 2.24) is 0 Å². The number of hydrogen-bond acceptors (Lipinski definition) is 6. The Labute approximate surface area is 165 Å². The van der Waals surface area contributed by atoms with Gasteiger partial charge in [-0.25, -0.2) is 4.99 Å². The summed E-state index contributed by atoms with van der Waals surface area (Å²) in [6, 6.07) is 5.20. The number of rotatable bonds is 8. The minimum Gasteiger partial charge on any atom is -0.386 e. The summed E-state index contributed by atoms with van der Waals surface area (Å²) in [5.41, 5.74) is 4.64. The van der Waals surface area contributed by atoms with Gasteiger partial charge in [-0.2, -0.15) is 10.5 Å². The van der Waals surface area contributed by atoms with Crippen molar-refractivity contribution in [3.63, 3.8) is 0 Å². The van der Waals surface area contributed by atoms with E-state index >= 15 is 0 Å². The van der Waals surface area contributed by atoms with Gasteiger partial charge in [-0.15, -0.1) is 23.5 Å². The summed E-state index contributed by atoms with van der Waals surface area (Å²) in [5.74, 6) is 2.33. The number of hydrogen-bond donors (Lipinski definition) is 1. The van der Waals surface area contributed by atoms with E-state index in [-0.39, 0.29) is 11.8 Å². The Balaban J connectivity index is 2.13. The van der Waals surface area contributed by atoms with Crippen LogP contribution in [0.15, 0.2) is 17.1 Å². The van der Waals surface area contributed by atoms with Gasteiger partial charge in [0.15, 0.2) is 4.20 Å². The molecule has 0 saturated heterocycles. The highest BCUT2D eigenvalue weighted by Crippen LogP contribution is 2.73. The molecule has 1 saturated carbocycles. The molecule has 0 spiro atoms. The fraction of sp³-hybridized carbons (Fsp3) is 0.750. The number of thioether (sulfide) groups is 2. The molecule has 1 heterocycles. The van der Waals surface area contributed by atoms with E-state index in [2.05, 4.69) is 38.1 Å². The number of nitrogens with two attached hydrogens (primary N) is 1. The van der Waals surface area contributed by atoms with Gasteiger partial charge in [-0.1, -0.05) is 38.8 Å². The van der Waals surface area contributed by atoms with E-state index in [4.69, 9.17) is 10.7 Å². The zero-order valence-corrected chi connectivity index (χ0v) is 17.3. The first-order chi connectivity index (χ1) is 12.6.